The molecule has 0 unspecified atom stereocenters. The molecule has 0 spiro atoms. The van der Waals surface area contributed by atoms with Gasteiger partial charge in [-0.15, -0.1) is 0 Å². The van der Waals surface area contributed by atoms with Crippen molar-refractivity contribution in [3.05, 3.63) is 12.2 Å². The van der Waals surface area contributed by atoms with Crippen LogP contribution in [0.3, 0.4) is 0 Å². The van der Waals surface area contributed by atoms with Gasteiger partial charge in [-0.1, -0.05) is 20.4 Å². The van der Waals surface area contributed by atoms with Gasteiger partial charge in [-0.3, -0.25) is 0 Å². The standard InChI is InChI=1S/C8H12O2/c1-4-7-5(2)6(3)8(9)10-7/h5,7H,3-4H2,1-2H3/t5-,7+/m1/s1. The summed E-state index contributed by atoms with van der Waals surface area (Å²) in [6, 6.07) is 0. The molecule has 2 nitrogen and oxygen atoms in total. The second-order valence-corrected chi connectivity index (χ2v) is 2.67. The fourth-order valence-electron chi connectivity index (χ4n) is 1.16. The first-order chi connectivity index (χ1) is 4.66. The highest BCUT2D eigenvalue weighted by atomic mass is 16.5. The van der Waals surface area contributed by atoms with E-state index in [0.29, 0.717) is 5.57 Å². The maximum Gasteiger partial charge on any atom is 0.334 e. The smallest absolute Gasteiger partial charge is 0.334 e. The molecule has 0 N–H and O–H groups in total. The molecule has 0 saturated carbocycles. The highest BCUT2D eigenvalue weighted by Gasteiger charge is 2.33. The van der Waals surface area contributed by atoms with Crippen LogP contribution in [-0.4, -0.2) is 12.1 Å². The van der Waals surface area contributed by atoms with Gasteiger partial charge in [-0.25, -0.2) is 4.79 Å². The lowest BCUT2D eigenvalue weighted by Gasteiger charge is -2.08. The first-order valence-electron chi connectivity index (χ1n) is 3.56. The molecule has 1 heterocycles. The third kappa shape index (κ3) is 0.939. The summed E-state index contributed by atoms with van der Waals surface area (Å²) in [5.41, 5.74) is 0.617. The van der Waals surface area contributed by atoms with Crippen LogP contribution in [-0.2, 0) is 9.53 Å². The summed E-state index contributed by atoms with van der Waals surface area (Å²) in [5, 5.41) is 0. The van der Waals surface area contributed by atoms with E-state index in [0.717, 1.165) is 6.42 Å². The lowest BCUT2D eigenvalue weighted by atomic mass is 9.98. The van der Waals surface area contributed by atoms with Gasteiger partial charge in [0.25, 0.3) is 0 Å². The summed E-state index contributed by atoms with van der Waals surface area (Å²) >= 11 is 0. The number of rotatable bonds is 1. The Bertz CT molecular complexity index is 172. The normalized spacial score (nSPS) is 32.6. The van der Waals surface area contributed by atoms with E-state index in [1.807, 2.05) is 13.8 Å². The Morgan fingerprint density at radius 3 is 2.50 bits per heavy atom. The lowest BCUT2D eigenvalue weighted by molar-refractivity contribution is -0.139. The molecule has 10 heavy (non-hydrogen) atoms. The van der Waals surface area contributed by atoms with E-state index < -0.39 is 0 Å². The van der Waals surface area contributed by atoms with Crippen LogP contribution in [0.5, 0.6) is 0 Å². The maximum atomic E-state index is 10.8. The van der Waals surface area contributed by atoms with Gasteiger partial charge in [0, 0.05) is 11.5 Å². The minimum atomic E-state index is -0.223. The molecule has 2 atom stereocenters. The number of ether oxygens (including phenoxy) is 1. The van der Waals surface area contributed by atoms with Crippen LogP contribution in [0.4, 0.5) is 0 Å². The number of cyclic esters (lactones) is 1. The molecule has 0 amide bonds. The molecule has 1 aliphatic rings. The Balaban J connectivity index is 2.71. The zero-order valence-corrected chi connectivity index (χ0v) is 6.39. The summed E-state index contributed by atoms with van der Waals surface area (Å²) in [6.45, 7) is 7.62. The van der Waals surface area contributed by atoms with Gasteiger partial charge in [-0.05, 0) is 6.42 Å². The van der Waals surface area contributed by atoms with E-state index in [1.165, 1.54) is 0 Å². The number of esters is 1. The highest BCUT2D eigenvalue weighted by Crippen LogP contribution is 2.27. The third-order valence-electron chi connectivity index (χ3n) is 2.03. The first-order valence-corrected chi connectivity index (χ1v) is 3.56. The number of carbonyl (C=O) groups excluding carboxylic acids is 1. The van der Waals surface area contributed by atoms with Gasteiger partial charge in [0.15, 0.2) is 0 Å². The Hall–Kier alpha value is -0.790. The topological polar surface area (TPSA) is 26.3 Å². The summed E-state index contributed by atoms with van der Waals surface area (Å²) in [7, 11) is 0. The second-order valence-electron chi connectivity index (χ2n) is 2.67. The van der Waals surface area contributed by atoms with Gasteiger partial charge in [0.05, 0.1) is 0 Å². The predicted molar refractivity (Wildman–Crippen MR) is 38.5 cm³/mol. The van der Waals surface area contributed by atoms with Crippen molar-refractivity contribution in [1.29, 1.82) is 0 Å². The lowest BCUT2D eigenvalue weighted by Crippen LogP contribution is -2.11. The molecule has 0 aromatic carbocycles. The SMILES string of the molecule is C=C1C(=O)O[C@@H](CC)[C@@H]1C. The molecule has 2 heteroatoms. The summed E-state index contributed by atoms with van der Waals surface area (Å²) in [5.74, 6) is -0.0168. The predicted octanol–water partition coefficient (Wildman–Crippen LogP) is 1.51. The molecule has 0 radical (unpaired) electrons. The molecule has 0 bridgehead atoms. The highest BCUT2D eigenvalue weighted by molar-refractivity contribution is 5.90. The second kappa shape index (κ2) is 2.45. The van der Waals surface area contributed by atoms with Crippen LogP contribution >= 0.6 is 0 Å². The monoisotopic (exact) mass is 140 g/mol. The Morgan fingerprint density at radius 1 is 1.70 bits per heavy atom. The van der Waals surface area contributed by atoms with Gasteiger partial charge < -0.3 is 4.74 Å². The molecule has 1 fully saturated rings. The van der Waals surface area contributed by atoms with E-state index in [2.05, 4.69) is 6.58 Å². The Morgan fingerprint density at radius 2 is 2.30 bits per heavy atom. The Kier molecular flexibility index (Phi) is 1.79. The summed E-state index contributed by atoms with van der Waals surface area (Å²) in [6.07, 6.45) is 0.950. The van der Waals surface area contributed by atoms with Gasteiger partial charge in [0.1, 0.15) is 6.10 Å². The number of carbonyl (C=O) groups is 1. The quantitative estimate of drug-likeness (QED) is 0.407. The minimum Gasteiger partial charge on any atom is -0.458 e. The largest absolute Gasteiger partial charge is 0.458 e. The van der Waals surface area contributed by atoms with Crippen LogP contribution in [0, 0.1) is 5.92 Å². The van der Waals surface area contributed by atoms with Crippen molar-refractivity contribution in [1.82, 2.24) is 0 Å². The van der Waals surface area contributed by atoms with Crippen molar-refractivity contribution >= 4 is 5.97 Å². The first kappa shape index (κ1) is 7.32. The molecule has 1 rings (SSSR count). The summed E-state index contributed by atoms with van der Waals surface area (Å²) < 4.78 is 5.00. The molecule has 0 aromatic heterocycles. The average molecular weight is 140 g/mol. The minimum absolute atomic E-state index is 0.0694. The van der Waals surface area contributed by atoms with Crippen molar-refractivity contribution in [3.63, 3.8) is 0 Å². The molecule has 1 aliphatic heterocycles. The van der Waals surface area contributed by atoms with E-state index in [1.54, 1.807) is 0 Å². The van der Waals surface area contributed by atoms with Crippen LogP contribution in [0.1, 0.15) is 20.3 Å². The molecular formula is C8H12O2. The van der Waals surface area contributed by atoms with Crippen molar-refractivity contribution < 1.29 is 9.53 Å². The van der Waals surface area contributed by atoms with Crippen molar-refractivity contribution in [2.24, 2.45) is 5.92 Å². The van der Waals surface area contributed by atoms with Gasteiger partial charge in [-0.2, -0.15) is 0 Å². The fraction of sp³-hybridized carbons (Fsp3) is 0.625. The molecule has 56 valence electrons. The van der Waals surface area contributed by atoms with Crippen LogP contribution in [0.2, 0.25) is 0 Å². The fourth-order valence-corrected chi connectivity index (χ4v) is 1.16. The molecule has 1 saturated heterocycles. The average Bonchev–Trinajstić information content (AvgIpc) is 2.17. The van der Waals surface area contributed by atoms with Crippen molar-refractivity contribution in [2.75, 3.05) is 0 Å². The van der Waals surface area contributed by atoms with Crippen LogP contribution < -0.4 is 0 Å². The van der Waals surface area contributed by atoms with E-state index in [9.17, 15) is 4.79 Å². The van der Waals surface area contributed by atoms with E-state index in [4.69, 9.17) is 4.74 Å². The molecular weight excluding hydrogens is 128 g/mol. The molecule has 0 aromatic rings. The molecule has 0 aliphatic carbocycles. The van der Waals surface area contributed by atoms with Crippen molar-refractivity contribution in [3.8, 4) is 0 Å². The number of hydrogen-bond donors (Lipinski definition) is 0. The van der Waals surface area contributed by atoms with Crippen LogP contribution in [0.25, 0.3) is 0 Å². The maximum absolute atomic E-state index is 10.8. The third-order valence-corrected chi connectivity index (χ3v) is 2.03. The zero-order chi connectivity index (χ0) is 7.72. The Labute approximate surface area is 60.9 Å². The van der Waals surface area contributed by atoms with Gasteiger partial charge >= 0.3 is 5.97 Å². The van der Waals surface area contributed by atoms with E-state index >= 15 is 0 Å². The summed E-state index contributed by atoms with van der Waals surface area (Å²) in [4.78, 5) is 10.8. The van der Waals surface area contributed by atoms with Gasteiger partial charge in [0.2, 0.25) is 0 Å². The van der Waals surface area contributed by atoms with E-state index in [-0.39, 0.29) is 18.0 Å². The zero-order valence-electron chi connectivity index (χ0n) is 6.39. The van der Waals surface area contributed by atoms with Crippen molar-refractivity contribution in [2.45, 2.75) is 26.4 Å². The van der Waals surface area contributed by atoms with Crippen LogP contribution in [0.15, 0.2) is 12.2 Å². The number of hydrogen-bond acceptors (Lipinski definition) is 2.